The van der Waals surface area contributed by atoms with Gasteiger partial charge in [0.05, 0.1) is 4.75 Å². The van der Waals surface area contributed by atoms with Gasteiger partial charge < -0.3 is 46.9 Å². The molecule has 0 aliphatic heterocycles. The molecule has 0 saturated heterocycles. The molecule has 8 N–H and O–H groups in total. The zero-order chi connectivity index (χ0) is 49.5. The summed E-state index contributed by atoms with van der Waals surface area (Å²) in [5.41, 5.74) is 11.6. The first-order valence-corrected chi connectivity index (χ1v) is 23.0. The second-order valence-electron chi connectivity index (χ2n) is 18.0. The first kappa shape index (κ1) is 51.7. The molecule has 0 aliphatic rings. The Morgan fingerprint density at radius 3 is 1.56 bits per heavy atom. The van der Waals surface area contributed by atoms with Crippen molar-refractivity contribution in [1.82, 2.24) is 16.0 Å². The Kier molecular flexibility index (Phi) is 17.4. The number of alkyl carbamates (subject to hydrolysis) is 1. The molecular formula is C52H60N6O9S. The van der Waals surface area contributed by atoms with Crippen LogP contribution in [0.25, 0.3) is 0 Å². The molecule has 0 radical (unpaired) electrons. The van der Waals surface area contributed by atoms with Crippen LogP contribution in [0.5, 0.6) is 5.75 Å². The molecule has 0 fully saturated rings. The number of benzene rings is 5. The summed E-state index contributed by atoms with van der Waals surface area (Å²) in [5, 5.41) is 10.8. The number of hydrogen-bond donors (Lipinski definition) is 6. The number of amides is 6. The Hall–Kier alpha value is -7.33. The number of thioether (sulfide) groups is 1. The number of para-hydroxylation sites is 1. The van der Waals surface area contributed by atoms with Gasteiger partial charge >= 0.3 is 18.3 Å². The number of rotatable bonds is 19. The molecule has 0 heterocycles. The summed E-state index contributed by atoms with van der Waals surface area (Å²) in [4.78, 5) is 79.5. The summed E-state index contributed by atoms with van der Waals surface area (Å²) in [5.74, 6) is -2.00. The lowest BCUT2D eigenvalue weighted by Crippen LogP contribution is -2.63. The summed E-state index contributed by atoms with van der Waals surface area (Å²) in [6, 6.07) is 42.2. The number of nitrogens with two attached hydrogens (primary N) is 2. The van der Waals surface area contributed by atoms with Gasteiger partial charge in [0.1, 0.15) is 23.4 Å². The van der Waals surface area contributed by atoms with Crippen molar-refractivity contribution >= 4 is 53.5 Å². The second kappa shape index (κ2) is 22.9. The predicted molar refractivity (Wildman–Crippen MR) is 263 cm³/mol. The summed E-state index contributed by atoms with van der Waals surface area (Å²) in [6.07, 6.45) is -3.12. The van der Waals surface area contributed by atoms with Gasteiger partial charge in [-0.1, -0.05) is 142 Å². The Labute approximate surface area is 401 Å². The summed E-state index contributed by atoms with van der Waals surface area (Å²) >= 11 is 1.41. The minimum absolute atomic E-state index is 0.00170. The van der Waals surface area contributed by atoms with E-state index in [1.807, 2.05) is 97.1 Å². The third-order valence-electron chi connectivity index (χ3n) is 10.9. The van der Waals surface area contributed by atoms with Gasteiger partial charge in [-0.3, -0.25) is 14.4 Å². The molecule has 68 heavy (non-hydrogen) atoms. The summed E-state index contributed by atoms with van der Waals surface area (Å²) in [6.45, 7) is 9.88. The fraction of sp³-hybridized carbons (Fsp3) is 0.308. The number of ether oxygens (including phenoxy) is 3. The molecule has 5 aromatic carbocycles. The molecule has 16 heteroatoms. The molecule has 0 saturated carbocycles. The number of carbonyl (C=O) groups is 6. The highest BCUT2D eigenvalue weighted by Crippen LogP contribution is 2.49. The standard InChI is InChI=1S/C52H60N6O9S/c1-49(2,3)51(66-46(54)62,45(61)57-42(43(53)59)34-68-52(36-19-11-7-12-20-36,37-21-13-8-14-22-37)38-23-15-9-16-24-38)31-32-55-47(63)65-40-29-27-35(28-30-40)33-41(58-48(64)67-50(4,5)6)44(60)56-39-25-17-10-18-26-39/h7-30,41-42H,31-34H2,1-6H3,(H2,53,59)(H2,54,62)(H,55,63)(H,56,60)(H,57,61)(H,58,64)/t41-,42-,51+/m0/s1. The average Bonchev–Trinajstić information content (AvgIpc) is 3.29. The van der Waals surface area contributed by atoms with Gasteiger partial charge in [0, 0.05) is 36.2 Å². The molecule has 5 rings (SSSR count). The minimum atomic E-state index is -2.02. The maximum atomic E-state index is 14.6. The first-order valence-electron chi connectivity index (χ1n) is 22.0. The topological polar surface area (TPSA) is 230 Å². The second-order valence-corrected chi connectivity index (χ2v) is 19.2. The molecule has 358 valence electrons. The van der Waals surface area contributed by atoms with Crippen molar-refractivity contribution in [2.75, 3.05) is 17.6 Å². The van der Waals surface area contributed by atoms with Crippen LogP contribution in [0.15, 0.2) is 146 Å². The number of hydrogen-bond acceptors (Lipinski definition) is 10. The Bertz CT molecular complexity index is 2390. The van der Waals surface area contributed by atoms with Gasteiger partial charge in [0.25, 0.3) is 5.91 Å². The van der Waals surface area contributed by atoms with Crippen molar-refractivity contribution in [3.63, 3.8) is 0 Å². The number of primary amides is 2. The molecule has 5 aromatic rings. The fourth-order valence-corrected chi connectivity index (χ4v) is 9.09. The highest BCUT2D eigenvalue weighted by Gasteiger charge is 2.53. The Balaban J connectivity index is 1.29. The largest absolute Gasteiger partial charge is 0.444 e. The van der Waals surface area contributed by atoms with Gasteiger partial charge in [-0.15, -0.1) is 11.8 Å². The molecule has 0 spiro atoms. The normalized spacial score (nSPS) is 13.3. The lowest BCUT2D eigenvalue weighted by molar-refractivity contribution is -0.154. The third-order valence-corrected chi connectivity index (χ3v) is 12.5. The molecule has 3 atom stereocenters. The monoisotopic (exact) mass is 944 g/mol. The van der Waals surface area contributed by atoms with Crippen LogP contribution >= 0.6 is 11.8 Å². The minimum Gasteiger partial charge on any atom is -0.444 e. The van der Waals surface area contributed by atoms with E-state index in [9.17, 15) is 28.8 Å². The lowest BCUT2D eigenvalue weighted by atomic mass is 9.73. The van der Waals surface area contributed by atoms with Gasteiger partial charge in [-0.2, -0.15) is 0 Å². The number of anilines is 1. The Morgan fingerprint density at radius 1 is 0.603 bits per heavy atom. The summed E-state index contributed by atoms with van der Waals surface area (Å²) < 4.78 is 15.7. The SMILES string of the molecule is CC(C)(C)OC(=O)N[C@@H](Cc1ccc(OC(=O)NCC[C@@](OC(N)=O)(C(=O)N[C@@H](CSC(c2ccccc2)(c2ccccc2)c2ccccc2)C(N)=O)C(C)(C)C)cc1)C(=O)Nc1ccccc1. The van der Waals surface area contributed by atoms with Crippen molar-refractivity contribution < 1.29 is 43.0 Å². The van der Waals surface area contributed by atoms with E-state index in [0.717, 1.165) is 16.7 Å². The first-order chi connectivity index (χ1) is 32.2. The van der Waals surface area contributed by atoms with Gasteiger partial charge in [-0.25, -0.2) is 14.4 Å². The van der Waals surface area contributed by atoms with Crippen molar-refractivity contribution in [2.24, 2.45) is 16.9 Å². The van der Waals surface area contributed by atoms with Crippen LogP contribution in [0.2, 0.25) is 0 Å². The third kappa shape index (κ3) is 13.9. The number of nitrogens with one attached hydrogen (secondary N) is 4. The van der Waals surface area contributed by atoms with E-state index in [-0.39, 0.29) is 30.9 Å². The van der Waals surface area contributed by atoms with Crippen LogP contribution in [0.1, 0.15) is 70.2 Å². The maximum absolute atomic E-state index is 14.6. The van der Waals surface area contributed by atoms with E-state index in [2.05, 4.69) is 21.3 Å². The molecule has 6 amide bonds. The van der Waals surface area contributed by atoms with E-state index < -0.39 is 69.4 Å². The van der Waals surface area contributed by atoms with Gasteiger partial charge in [0.2, 0.25) is 11.8 Å². The maximum Gasteiger partial charge on any atom is 0.412 e. The zero-order valence-corrected chi connectivity index (χ0v) is 39.9. The predicted octanol–water partition coefficient (Wildman–Crippen LogP) is 7.82. The van der Waals surface area contributed by atoms with Crippen LogP contribution in [0.4, 0.5) is 20.1 Å². The van der Waals surface area contributed by atoms with E-state index in [4.69, 9.17) is 25.7 Å². The van der Waals surface area contributed by atoms with E-state index in [0.29, 0.717) is 11.3 Å². The van der Waals surface area contributed by atoms with Crippen LogP contribution in [-0.2, 0) is 35.0 Å². The van der Waals surface area contributed by atoms with Gasteiger partial charge in [-0.05, 0) is 67.3 Å². The quantitative estimate of drug-likeness (QED) is 0.0440. The van der Waals surface area contributed by atoms with E-state index in [1.54, 1.807) is 77.9 Å². The Morgan fingerprint density at radius 2 is 1.10 bits per heavy atom. The highest BCUT2D eigenvalue weighted by molar-refractivity contribution is 8.00. The van der Waals surface area contributed by atoms with Crippen LogP contribution in [0, 0.1) is 5.41 Å². The van der Waals surface area contributed by atoms with Crippen molar-refractivity contribution in [3.8, 4) is 5.75 Å². The van der Waals surface area contributed by atoms with Crippen molar-refractivity contribution in [2.45, 2.75) is 82.4 Å². The van der Waals surface area contributed by atoms with Gasteiger partial charge in [0.15, 0.2) is 5.60 Å². The van der Waals surface area contributed by atoms with E-state index in [1.165, 1.54) is 23.9 Å². The zero-order valence-electron chi connectivity index (χ0n) is 39.1. The number of carbonyl (C=O) groups excluding carboxylic acids is 6. The van der Waals surface area contributed by atoms with Crippen molar-refractivity contribution in [1.29, 1.82) is 0 Å². The molecule has 0 aliphatic carbocycles. The van der Waals surface area contributed by atoms with Crippen LogP contribution < -0.4 is 37.5 Å². The average molecular weight is 945 g/mol. The molecule has 0 bridgehead atoms. The van der Waals surface area contributed by atoms with Crippen molar-refractivity contribution in [3.05, 3.63) is 168 Å². The molecule has 0 aromatic heterocycles. The molecular weight excluding hydrogens is 885 g/mol. The van der Waals surface area contributed by atoms with Crippen LogP contribution in [0.3, 0.4) is 0 Å². The highest BCUT2D eigenvalue weighted by atomic mass is 32.2. The van der Waals surface area contributed by atoms with E-state index >= 15 is 0 Å². The fourth-order valence-electron chi connectivity index (χ4n) is 7.52. The van der Waals surface area contributed by atoms with Crippen LogP contribution in [-0.4, -0.2) is 71.6 Å². The summed E-state index contributed by atoms with van der Waals surface area (Å²) in [7, 11) is 0. The lowest BCUT2D eigenvalue weighted by Gasteiger charge is -2.42. The molecule has 15 nitrogen and oxygen atoms in total. The smallest absolute Gasteiger partial charge is 0.412 e. The molecule has 0 unspecified atom stereocenters.